The Labute approximate surface area is 145 Å². The number of hydrogen-bond donors (Lipinski definition) is 2. The molecule has 0 radical (unpaired) electrons. The van der Waals surface area contributed by atoms with Gasteiger partial charge in [-0.15, -0.1) is 11.3 Å². The van der Waals surface area contributed by atoms with Gasteiger partial charge in [-0.3, -0.25) is 0 Å². The second-order valence-electron chi connectivity index (χ2n) is 6.31. The van der Waals surface area contributed by atoms with Crippen molar-refractivity contribution in [2.75, 3.05) is 25.0 Å². The Hall–Kier alpha value is -2.05. The summed E-state index contributed by atoms with van der Waals surface area (Å²) in [6.07, 6.45) is 2.54. The molecule has 24 heavy (non-hydrogen) atoms. The quantitative estimate of drug-likeness (QED) is 0.762. The van der Waals surface area contributed by atoms with E-state index in [9.17, 15) is 0 Å². The number of aromatic nitrogens is 3. The molecule has 5 nitrogen and oxygen atoms in total. The van der Waals surface area contributed by atoms with Crippen molar-refractivity contribution < 1.29 is 0 Å². The van der Waals surface area contributed by atoms with E-state index in [1.165, 1.54) is 17.5 Å². The summed E-state index contributed by atoms with van der Waals surface area (Å²) in [7, 11) is 0. The number of benzene rings is 1. The zero-order chi connectivity index (χ0) is 16.4. The fourth-order valence-electron chi connectivity index (χ4n) is 3.17. The fourth-order valence-corrected chi connectivity index (χ4v) is 3.88. The Balaban J connectivity index is 1.55. The second kappa shape index (κ2) is 6.83. The maximum atomic E-state index is 4.61. The molecule has 3 heterocycles. The minimum Gasteiger partial charge on any atom is -0.370 e. The molecule has 2 N–H and O–H groups in total. The number of nitrogens with zero attached hydrogens (tertiary/aromatic N) is 3. The highest BCUT2D eigenvalue weighted by molar-refractivity contribution is 7.16. The molecule has 1 atom stereocenters. The number of hydrogen-bond acceptors (Lipinski definition) is 6. The first-order valence-corrected chi connectivity index (χ1v) is 9.30. The molecule has 1 aromatic carbocycles. The van der Waals surface area contributed by atoms with Crippen LogP contribution >= 0.6 is 11.3 Å². The van der Waals surface area contributed by atoms with Gasteiger partial charge in [0.2, 0.25) is 0 Å². The van der Waals surface area contributed by atoms with Crippen LogP contribution < -0.4 is 10.6 Å². The summed E-state index contributed by atoms with van der Waals surface area (Å²) in [5, 5.41) is 6.95. The summed E-state index contributed by atoms with van der Waals surface area (Å²) in [4.78, 5) is 13.5. The molecule has 0 saturated carbocycles. The number of rotatable bonds is 4. The third kappa shape index (κ3) is 3.39. The molecule has 124 valence electrons. The van der Waals surface area contributed by atoms with Crippen molar-refractivity contribution in [3.63, 3.8) is 0 Å². The van der Waals surface area contributed by atoms with Crippen molar-refractivity contribution in [2.45, 2.75) is 19.8 Å². The van der Waals surface area contributed by atoms with E-state index in [-0.39, 0.29) is 0 Å². The highest BCUT2D eigenvalue weighted by atomic mass is 32.1. The maximum absolute atomic E-state index is 4.61. The average molecular weight is 339 g/mol. The first kappa shape index (κ1) is 15.5. The lowest BCUT2D eigenvalue weighted by atomic mass is 10.00. The van der Waals surface area contributed by atoms with Crippen molar-refractivity contribution in [2.24, 2.45) is 5.92 Å². The van der Waals surface area contributed by atoms with Crippen LogP contribution in [-0.4, -0.2) is 34.6 Å². The normalized spacial score (nSPS) is 18.0. The fraction of sp³-hybridized carbons (Fsp3) is 0.389. The molecule has 0 bridgehead atoms. The van der Waals surface area contributed by atoms with Crippen LogP contribution in [0, 0.1) is 12.8 Å². The summed E-state index contributed by atoms with van der Waals surface area (Å²) in [6, 6.07) is 8.34. The first-order valence-electron chi connectivity index (χ1n) is 8.42. The van der Waals surface area contributed by atoms with Crippen molar-refractivity contribution in [1.82, 2.24) is 20.3 Å². The standard InChI is InChI=1S/C18H21N5S/c1-12-22-16(14-4-5-15-17(7-14)24-11-21-15)8-18(23-12)20-10-13-3-2-6-19-9-13/h4-5,7-8,11,13,19H,2-3,6,9-10H2,1H3,(H,20,22,23). The van der Waals surface area contributed by atoms with Gasteiger partial charge >= 0.3 is 0 Å². The van der Waals surface area contributed by atoms with Gasteiger partial charge in [-0.1, -0.05) is 6.07 Å². The van der Waals surface area contributed by atoms with E-state index in [1.54, 1.807) is 11.3 Å². The number of anilines is 1. The van der Waals surface area contributed by atoms with Crippen LogP contribution in [0.25, 0.3) is 21.5 Å². The lowest BCUT2D eigenvalue weighted by molar-refractivity contribution is 0.392. The summed E-state index contributed by atoms with van der Waals surface area (Å²) in [6.45, 7) is 5.14. The van der Waals surface area contributed by atoms with Crippen molar-refractivity contribution in [3.05, 3.63) is 35.6 Å². The molecule has 4 rings (SSSR count). The monoisotopic (exact) mass is 339 g/mol. The molecule has 0 aliphatic carbocycles. The van der Waals surface area contributed by atoms with Crippen LogP contribution in [0.15, 0.2) is 29.8 Å². The number of nitrogens with one attached hydrogen (secondary N) is 2. The van der Waals surface area contributed by atoms with Gasteiger partial charge in [-0.05, 0) is 50.9 Å². The average Bonchev–Trinajstić information content (AvgIpc) is 3.08. The third-order valence-corrected chi connectivity index (χ3v) is 5.23. The molecule has 1 aliphatic rings. The number of aryl methyl sites for hydroxylation is 1. The van der Waals surface area contributed by atoms with Crippen LogP contribution in [0.5, 0.6) is 0 Å². The van der Waals surface area contributed by atoms with Gasteiger partial charge in [0.15, 0.2) is 0 Å². The van der Waals surface area contributed by atoms with E-state index in [1.807, 2.05) is 18.5 Å². The van der Waals surface area contributed by atoms with E-state index in [4.69, 9.17) is 0 Å². The van der Waals surface area contributed by atoms with Gasteiger partial charge < -0.3 is 10.6 Å². The van der Waals surface area contributed by atoms with E-state index < -0.39 is 0 Å². The number of thiazole rings is 1. The van der Waals surface area contributed by atoms with Crippen molar-refractivity contribution in [1.29, 1.82) is 0 Å². The number of fused-ring (bicyclic) bond motifs is 1. The van der Waals surface area contributed by atoms with Gasteiger partial charge in [0.05, 0.1) is 21.4 Å². The minimum absolute atomic E-state index is 0.672. The summed E-state index contributed by atoms with van der Waals surface area (Å²) in [5.74, 6) is 2.37. The topological polar surface area (TPSA) is 62.7 Å². The molecule has 6 heteroatoms. The van der Waals surface area contributed by atoms with E-state index in [2.05, 4.69) is 43.8 Å². The zero-order valence-corrected chi connectivity index (χ0v) is 14.6. The third-order valence-electron chi connectivity index (χ3n) is 4.44. The van der Waals surface area contributed by atoms with Crippen LogP contribution in [0.3, 0.4) is 0 Å². The molecule has 1 unspecified atom stereocenters. The van der Waals surface area contributed by atoms with Gasteiger partial charge in [0.25, 0.3) is 0 Å². The SMILES string of the molecule is Cc1nc(NCC2CCCNC2)cc(-c2ccc3ncsc3c2)n1. The highest BCUT2D eigenvalue weighted by Crippen LogP contribution is 2.26. The van der Waals surface area contributed by atoms with Gasteiger partial charge in [0.1, 0.15) is 11.6 Å². The van der Waals surface area contributed by atoms with E-state index in [0.29, 0.717) is 5.92 Å². The maximum Gasteiger partial charge on any atom is 0.130 e. The molecule has 0 amide bonds. The van der Waals surface area contributed by atoms with Crippen LogP contribution in [-0.2, 0) is 0 Å². The molecule has 1 fully saturated rings. The van der Waals surface area contributed by atoms with Crippen LogP contribution in [0.1, 0.15) is 18.7 Å². The smallest absolute Gasteiger partial charge is 0.130 e. The van der Waals surface area contributed by atoms with E-state index in [0.717, 1.165) is 48.1 Å². The molecule has 1 aliphatic heterocycles. The predicted octanol–water partition coefficient (Wildman–Crippen LogP) is 3.47. The van der Waals surface area contributed by atoms with Gasteiger partial charge in [0, 0.05) is 18.2 Å². The largest absolute Gasteiger partial charge is 0.370 e. The Kier molecular flexibility index (Phi) is 4.40. The summed E-state index contributed by atoms with van der Waals surface area (Å²) in [5.41, 5.74) is 4.99. The molecule has 2 aromatic heterocycles. The zero-order valence-electron chi connectivity index (χ0n) is 13.7. The predicted molar refractivity (Wildman–Crippen MR) is 99.5 cm³/mol. The Morgan fingerprint density at radius 1 is 1.29 bits per heavy atom. The Morgan fingerprint density at radius 3 is 3.12 bits per heavy atom. The van der Waals surface area contributed by atoms with Crippen molar-refractivity contribution in [3.8, 4) is 11.3 Å². The Morgan fingerprint density at radius 2 is 2.25 bits per heavy atom. The van der Waals surface area contributed by atoms with Gasteiger partial charge in [-0.2, -0.15) is 0 Å². The van der Waals surface area contributed by atoms with Crippen LogP contribution in [0.4, 0.5) is 5.82 Å². The molecule has 3 aromatic rings. The lowest BCUT2D eigenvalue weighted by Gasteiger charge is -2.23. The first-order chi connectivity index (χ1) is 11.8. The molecular formula is C18H21N5S. The molecule has 1 saturated heterocycles. The lowest BCUT2D eigenvalue weighted by Crippen LogP contribution is -2.33. The summed E-state index contributed by atoms with van der Waals surface area (Å²) < 4.78 is 1.19. The minimum atomic E-state index is 0.672. The van der Waals surface area contributed by atoms with Crippen molar-refractivity contribution >= 4 is 27.4 Å². The molecular weight excluding hydrogens is 318 g/mol. The Bertz CT molecular complexity index is 838. The van der Waals surface area contributed by atoms with E-state index >= 15 is 0 Å². The second-order valence-corrected chi connectivity index (χ2v) is 7.20. The summed E-state index contributed by atoms with van der Waals surface area (Å²) >= 11 is 1.66. The number of piperidine rings is 1. The van der Waals surface area contributed by atoms with Crippen LogP contribution in [0.2, 0.25) is 0 Å². The molecule has 0 spiro atoms. The highest BCUT2D eigenvalue weighted by Gasteiger charge is 2.13. The van der Waals surface area contributed by atoms with Gasteiger partial charge in [-0.25, -0.2) is 15.0 Å².